The molecule has 5 heteroatoms. The predicted molar refractivity (Wildman–Crippen MR) is 98.1 cm³/mol. The number of para-hydroxylation sites is 1. The highest BCUT2D eigenvalue weighted by Gasteiger charge is 2.32. The van der Waals surface area contributed by atoms with Crippen LogP contribution >= 0.6 is 0 Å². The Hall–Kier alpha value is -3.08. The first-order valence-corrected chi connectivity index (χ1v) is 8.95. The number of benzene rings is 2. The van der Waals surface area contributed by atoms with Crippen LogP contribution in [0.25, 0.3) is 11.3 Å². The van der Waals surface area contributed by atoms with E-state index in [1.165, 1.54) is 5.56 Å². The molecule has 0 unspecified atom stereocenters. The van der Waals surface area contributed by atoms with Crippen LogP contribution in [0.4, 0.5) is 0 Å². The fourth-order valence-electron chi connectivity index (χ4n) is 3.94. The monoisotopic (exact) mass is 345 g/mol. The Kier molecular flexibility index (Phi) is 3.52. The number of ether oxygens (including phenoxy) is 1. The summed E-state index contributed by atoms with van der Waals surface area (Å²) in [6, 6.07) is 18.2. The van der Waals surface area contributed by atoms with Crippen LogP contribution in [0.15, 0.2) is 54.6 Å². The van der Waals surface area contributed by atoms with E-state index in [9.17, 15) is 4.79 Å². The van der Waals surface area contributed by atoms with Crippen molar-refractivity contribution in [2.45, 2.75) is 18.9 Å². The van der Waals surface area contributed by atoms with Crippen molar-refractivity contribution in [2.24, 2.45) is 0 Å². The number of fused-ring (bicyclic) bond motifs is 3. The summed E-state index contributed by atoms with van der Waals surface area (Å²) in [5.41, 5.74) is 4.48. The van der Waals surface area contributed by atoms with Gasteiger partial charge in [0.1, 0.15) is 23.7 Å². The van der Waals surface area contributed by atoms with Crippen molar-refractivity contribution >= 4 is 5.91 Å². The highest BCUT2D eigenvalue weighted by Crippen LogP contribution is 2.37. The molecule has 1 saturated heterocycles. The number of aromatic amines is 1. The molecular weight excluding hydrogens is 326 g/mol. The molecule has 0 spiro atoms. The largest absolute Gasteiger partial charge is 0.488 e. The molecule has 0 bridgehead atoms. The second-order valence-electron chi connectivity index (χ2n) is 6.86. The van der Waals surface area contributed by atoms with Gasteiger partial charge in [0, 0.05) is 30.1 Å². The van der Waals surface area contributed by atoms with Crippen LogP contribution in [0.2, 0.25) is 0 Å². The zero-order chi connectivity index (χ0) is 17.5. The highest BCUT2D eigenvalue weighted by molar-refractivity contribution is 5.96. The molecule has 0 radical (unpaired) electrons. The molecule has 0 saturated carbocycles. The molecule has 2 aromatic carbocycles. The molecule has 26 heavy (non-hydrogen) atoms. The van der Waals surface area contributed by atoms with Gasteiger partial charge in [-0.15, -0.1) is 0 Å². The van der Waals surface area contributed by atoms with Gasteiger partial charge in [-0.1, -0.05) is 42.5 Å². The van der Waals surface area contributed by atoms with E-state index in [0.717, 1.165) is 42.1 Å². The van der Waals surface area contributed by atoms with E-state index in [2.05, 4.69) is 34.5 Å². The van der Waals surface area contributed by atoms with Gasteiger partial charge in [-0.05, 0) is 24.1 Å². The van der Waals surface area contributed by atoms with Crippen LogP contribution in [0, 0.1) is 0 Å². The third-order valence-corrected chi connectivity index (χ3v) is 5.34. The van der Waals surface area contributed by atoms with Crippen molar-refractivity contribution in [1.29, 1.82) is 0 Å². The molecule has 1 amide bonds. The standard InChI is InChI=1S/C21H19N3O2/c25-21(24-11-10-15(12-24)14-6-2-1-3-7-14)20-17-13-26-18-9-5-4-8-16(18)19(17)22-23-20/h1-9,15H,10-13H2,(H,22,23)/t15-/m0/s1. The van der Waals surface area contributed by atoms with Crippen molar-refractivity contribution in [1.82, 2.24) is 15.1 Å². The van der Waals surface area contributed by atoms with Gasteiger partial charge in [-0.3, -0.25) is 9.89 Å². The summed E-state index contributed by atoms with van der Waals surface area (Å²) < 4.78 is 5.82. The maximum Gasteiger partial charge on any atom is 0.272 e. The number of nitrogens with zero attached hydrogens (tertiary/aromatic N) is 2. The number of rotatable bonds is 2. The highest BCUT2D eigenvalue weighted by atomic mass is 16.5. The van der Waals surface area contributed by atoms with E-state index in [1.54, 1.807) is 0 Å². The molecule has 1 N–H and O–H groups in total. The summed E-state index contributed by atoms with van der Waals surface area (Å²) in [7, 11) is 0. The quantitative estimate of drug-likeness (QED) is 0.772. The molecule has 130 valence electrons. The molecule has 5 rings (SSSR count). The van der Waals surface area contributed by atoms with Gasteiger partial charge in [0.25, 0.3) is 5.91 Å². The fourth-order valence-corrected chi connectivity index (χ4v) is 3.94. The number of amides is 1. The molecule has 2 aliphatic heterocycles. The predicted octanol–water partition coefficient (Wildman–Crippen LogP) is 3.60. The molecule has 3 aromatic rings. The number of H-pyrrole nitrogens is 1. The number of carbonyl (C=O) groups excluding carboxylic acids is 1. The Morgan fingerprint density at radius 1 is 1.12 bits per heavy atom. The van der Waals surface area contributed by atoms with Gasteiger partial charge in [0.15, 0.2) is 0 Å². The lowest BCUT2D eigenvalue weighted by Gasteiger charge is -2.19. The number of hydrogen-bond donors (Lipinski definition) is 1. The van der Waals surface area contributed by atoms with Gasteiger partial charge in [0.2, 0.25) is 0 Å². The van der Waals surface area contributed by atoms with Gasteiger partial charge >= 0.3 is 0 Å². The normalized spacial score (nSPS) is 18.2. The number of nitrogens with one attached hydrogen (secondary N) is 1. The minimum Gasteiger partial charge on any atom is -0.488 e. The van der Waals surface area contributed by atoms with Gasteiger partial charge in [-0.2, -0.15) is 5.10 Å². The van der Waals surface area contributed by atoms with Crippen LogP contribution < -0.4 is 4.74 Å². The topological polar surface area (TPSA) is 58.2 Å². The molecule has 5 nitrogen and oxygen atoms in total. The van der Waals surface area contributed by atoms with Crippen LogP contribution in [-0.2, 0) is 6.61 Å². The third kappa shape index (κ3) is 2.39. The Morgan fingerprint density at radius 2 is 1.92 bits per heavy atom. The molecule has 1 aromatic heterocycles. The Labute approximate surface area is 151 Å². The van der Waals surface area contributed by atoms with E-state index < -0.39 is 0 Å². The van der Waals surface area contributed by atoms with Crippen molar-refractivity contribution in [3.05, 3.63) is 71.4 Å². The number of hydrogen-bond acceptors (Lipinski definition) is 3. The average Bonchev–Trinajstić information content (AvgIpc) is 3.36. The van der Waals surface area contributed by atoms with Gasteiger partial charge < -0.3 is 9.64 Å². The van der Waals surface area contributed by atoms with Crippen molar-refractivity contribution < 1.29 is 9.53 Å². The zero-order valence-corrected chi connectivity index (χ0v) is 14.3. The molecule has 1 atom stereocenters. The van der Waals surface area contributed by atoms with E-state index in [4.69, 9.17) is 4.74 Å². The summed E-state index contributed by atoms with van der Waals surface area (Å²) in [6.07, 6.45) is 0.991. The Balaban J connectivity index is 1.41. The number of carbonyl (C=O) groups is 1. The minimum atomic E-state index is 0.0140. The second-order valence-corrected chi connectivity index (χ2v) is 6.86. The van der Waals surface area contributed by atoms with Crippen LogP contribution in [0.1, 0.15) is 34.0 Å². The second kappa shape index (κ2) is 6.02. The first kappa shape index (κ1) is 15.2. The molecule has 2 aliphatic rings. The van der Waals surface area contributed by atoms with Crippen LogP contribution in [0.3, 0.4) is 0 Å². The van der Waals surface area contributed by atoms with Crippen LogP contribution in [-0.4, -0.2) is 34.1 Å². The number of likely N-dealkylation sites (tertiary alicyclic amines) is 1. The van der Waals surface area contributed by atoms with E-state index >= 15 is 0 Å². The van der Waals surface area contributed by atoms with Crippen molar-refractivity contribution in [3.63, 3.8) is 0 Å². The van der Waals surface area contributed by atoms with Crippen LogP contribution in [0.5, 0.6) is 5.75 Å². The molecule has 1 fully saturated rings. The zero-order valence-electron chi connectivity index (χ0n) is 14.3. The first-order chi connectivity index (χ1) is 12.8. The summed E-state index contributed by atoms with van der Waals surface area (Å²) in [4.78, 5) is 15.0. The lowest BCUT2D eigenvalue weighted by atomic mass is 9.99. The van der Waals surface area contributed by atoms with Gasteiger partial charge in [-0.25, -0.2) is 0 Å². The average molecular weight is 345 g/mol. The van der Waals surface area contributed by atoms with E-state index in [0.29, 0.717) is 18.2 Å². The summed E-state index contributed by atoms with van der Waals surface area (Å²) in [6.45, 7) is 1.89. The third-order valence-electron chi connectivity index (χ3n) is 5.34. The maximum atomic E-state index is 13.1. The fraction of sp³-hybridized carbons (Fsp3) is 0.238. The minimum absolute atomic E-state index is 0.0140. The summed E-state index contributed by atoms with van der Waals surface area (Å²) in [5, 5.41) is 7.38. The smallest absolute Gasteiger partial charge is 0.272 e. The van der Waals surface area contributed by atoms with E-state index in [1.807, 2.05) is 35.2 Å². The molecule has 3 heterocycles. The first-order valence-electron chi connectivity index (χ1n) is 8.95. The lowest BCUT2D eigenvalue weighted by Crippen LogP contribution is -2.30. The SMILES string of the molecule is O=C(c1[nH]nc2c1COc1ccccc1-2)N1CC[C@H](c2ccccc2)C1. The van der Waals surface area contributed by atoms with Crippen molar-refractivity contribution in [3.8, 4) is 17.0 Å². The molecular formula is C21H19N3O2. The Morgan fingerprint density at radius 3 is 2.81 bits per heavy atom. The summed E-state index contributed by atoms with van der Waals surface area (Å²) >= 11 is 0. The number of aromatic nitrogens is 2. The van der Waals surface area contributed by atoms with Crippen molar-refractivity contribution in [2.75, 3.05) is 13.1 Å². The van der Waals surface area contributed by atoms with Gasteiger partial charge in [0.05, 0.1) is 0 Å². The molecule has 0 aliphatic carbocycles. The van der Waals surface area contributed by atoms with E-state index in [-0.39, 0.29) is 5.91 Å². The maximum absolute atomic E-state index is 13.1. The Bertz CT molecular complexity index is 964. The summed E-state index contributed by atoms with van der Waals surface area (Å²) in [5.74, 6) is 1.23. The lowest BCUT2D eigenvalue weighted by molar-refractivity contribution is 0.0782.